The van der Waals surface area contributed by atoms with Gasteiger partial charge in [-0.1, -0.05) is 0 Å². The van der Waals surface area contributed by atoms with E-state index in [0.717, 1.165) is 30.8 Å². The maximum absolute atomic E-state index is 12.2. The Bertz CT molecular complexity index is 511. The molecule has 0 atom stereocenters. The summed E-state index contributed by atoms with van der Waals surface area (Å²) in [5.41, 5.74) is 1.75. The molecule has 0 radical (unpaired) electrons. The highest BCUT2D eigenvalue weighted by atomic mass is 16.5. The van der Waals surface area contributed by atoms with E-state index < -0.39 is 0 Å². The van der Waals surface area contributed by atoms with Crippen molar-refractivity contribution in [2.75, 3.05) is 32.6 Å². The zero-order chi connectivity index (χ0) is 15.9. The van der Waals surface area contributed by atoms with Gasteiger partial charge in [-0.25, -0.2) is 0 Å². The van der Waals surface area contributed by atoms with Crippen LogP contribution in [0.25, 0.3) is 0 Å². The number of anilines is 1. The minimum atomic E-state index is 0.0638. The number of piperidine rings is 1. The minimum Gasteiger partial charge on any atom is -0.493 e. The zero-order valence-electron chi connectivity index (χ0n) is 13.7. The molecule has 1 amide bonds. The van der Waals surface area contributed by atoms with Gasteiger partial charge in [-0.05, 0) is 56.8 Å². The quantitative estimate of drug-likeness (QED) is 0.848. The van der Waals surface area contributed by atoms with Crippen LogP contribution in [0.3, 0.4) is 0 Å². The van der Waals surface area contributed by atoms with Crippen LogP contribution < -0.4 is 20.1 Å². The van der Waals surface area contributed by atoms with E-state index in [1.165, 1.54) is 12.8 Å². The lowest BCUT2D eigenvalue weighted by molar-refractivity contribution is -0.116. The van der Waals surface area contributed by atoms with Gasteiger partial charge in [-0.15, -0.1) is 0 Å². The summed E-state index contributed by atoms with van der Waals surface area (Å²) >= 11 is 0. The zero-order valence-corrected chi connectivity index (χ0v) is 13.7. The number of ether oxygens (including phenoxy) is 2. The van der Waals surface area contributed by atoms with Crippen molar-refractivity contribution in [2.24, 2.45) is 5.92 Å². The van der Waals surface area contributed by atoms with Crippen LogP contribution >= 0.6 is 0 Å². The fraction of sp³-hybridized carbons (Fsp3) is 0.588. The SMILES string of the molecule is COc1cc(C)c(NC(=O)CCC2CCNCC2)cc1OC. The fourth-order valence-electron chi connectivity index (χ4n) is 2.83. The Hall–Kier alpha value is -1.75. The van der Waals surface area contributed by atoms with Crippen LogP contribution in [-0.2, 0) is 4.79 Å². The normalized spacial score (nSPS) is 15.4. The van der Waals surface area contributed by atoms with Crippen molar-refractivity contribution in [3.05, 3.63) is 17.7 Å². The third-order valence-corrected chi connectivity index (χ3v) is 4.24. The molecule has 5 heteroatoms. The Morgan fingerprint density at radius 1 is 1.23 bits per heavy atom. The van der Waals surface area contributed by atoms with Crippen LogP contribution in [0.4, 0.5) is 5.69 Å². The van der Waals surface area contributed by atoms with Crippen molar-refractivity contribution >= 4 is 11.6 Å². The first kappa shape index (κ1) is 16.6. The molecule has 5 nitrogen and oxygen atoms in total. The molecule has 0 bridgehead atoms. The molecule has 0 saturated carbocycles. The monoisotopic (exact) mass is 306 g/mol. The van der Waals surface area contributed by atoms with E-state index in [2.05, 4.69) is 10.6 Å². The summed E-state index contributed by atoms with van der Waals surface area (Å²) in [6.07, 6.45) is 3.86. The number of amides is 1. The van der Waals surface area contributed by atoms with E-state index in [4.69, 9.17) is 9.47 Å². The lowest BCUT2D eigenvalue weighted by Crippen LogP contribution is -2.28. The highest BCUT2D eigenvalue weighted by molar-refractivity contribution is 5.92. The number of hydrogen-bond acceptors (Lipinski definition) is 4. The second kappa shape index (κ2) is 8.03. The summed E-state index contributed by atoms with van der Waals surface area (Å²) in [6.45, 7) is 4.09. The summed E-state index contributed by atoms with van der Waals surface area (Å²) in [7, 11) is 3.20. The maximum Gasteiger partial charge on any atom is 0.224 e. The molecule has 1 aliphatic heterocycles. The molecule has 122 valence electrons. The average molecular weight is 306 g/mol. The standard InChI is InChI=1S/C17H26N2O3/c1-12-10-15(21-2)16(22-3)11-14(12)19-17(20)5-4-13-6-8-18-9-7-13/h10-11,13,18H,4-9H2,1-3H3,(H,19,20). The molecule has 0 aromatic heterocycles. The van der Waals surface area contributed by atoms with Crippen LogP contribution in [0.2, 0.25) is 0 Å². The van der Waals surface area contributed by atoms with Crippen molar-refractivity contribution in [1.82, 2.24) is 5.32 Å². The predicted octanol–water partition coefficient (Wildman–Crippen LogP) is 2.73. The van der Waals surface area contributed by atoms with Crippen molar-refractivity contribution in [3.8, 4) is 11.5 Å². The van der Waals surface area contributed by atoms with Crippen molar-refractivity contribution in [3.63, 3.8) is 0 Å². The van der Waals surface area contributed by atoms with Crippen LogP contribution in [0, 0.1) is 12.8 Å². The lowest BCUT2D eigenvalue weighted by Gasteiger charge is -2.22. The number of carbonyl (C=O) groups excluding carboxylic acids is 1. The van der Waals surface area contributed by atoms with Crippen LogP contribution in [0.15, 0.2) is 12.1 Å². The Morgan fingerprint density at radius 3 is 2.50 bits per heavy atom. The van der Waals surface area contributed by atoms with E-state index in [9.17, 15) is 4.79 Å². The third-order valence-electron chi connectivity index (χ3n) is 4.24. The Balaban J connectivity index is 1.93. The van der Waals surface area contributed by atoms with Gasteiger partial charge in [0, 0.05) is 18.2 Å². The van der Waals surface area contributed by atoms with Crippen LogP contribution in [-0.4, -0.2) is 33.2 Å². The summed E-state index contributed by atoms with van der Waals surface area (Å²) in [5.74, 6) is 2.03. The number of rotatable bonds is 6. The number of nitrogens with one attached hydrogen (secondary N) is 2. The molecule has 1 aliphatic rings. The minimum absolute atomic E-state index is 0.0638. The van der Waals surface area contributed by atoms with Crippen LogP contribution in [0.1, 0.15) is 31.2 Å². The van der Waals surface area contributed by atoms with Gasteiger partial charge in [-0.2, -0.15) is 0 Å². The molecule has 2 rings (SSSR count). The van der Waals surface area contributed by atoms with E-state index in [-0.39, 0.29) is 5.91 Å². The summed E-state index contributed by atoms with van der Waals surface area (Å²) in [4.78, 5) is 12.2. The van der Waals surface area contributed by atoms with E-state index in [1.807, 2.05) is 19.1 Å². The Labute approximate surface area is 132 Å². The van der Waals surface area contributed by atoms with Gasteiger partial charge in [0.25, 0.3) is 0 Å². The number of carbonyl (C=O) groups is 1. The number of methoxy groups -OCH3 is 2. The largest absolute Gasteiger partial charge is 0.493 e. The smallest absolute Gasteiger partial charge is 0.224 e. The van der Waals surface area contributed by atoms with Crippen LogP contribution in [0.5, 0.6) is 11.5 Å². The molecule has 0 spiro atoms. The lowest BCUT2D eigenvalue weighted by atomic mass is 9.93. The summed E-state index contributed by atoms with van der Waals surface area (Å²) in [6, 6.07) is 3.69. The first-order chi connectivity index (χ1) is 10.6. The highest BCUT2D eigenvalue weighted by Gasteiger charge is 2.15. The molecule has 0 aliphatic carbocycles. The van der Waals surface area contributed by atoms with Crippen molar-refractivity contribution < 1.29 is 14.3 Å². The van der Waals surface area contributed by atoms with Crippen molar-refractivity contribution in [2.45, 2.75) is 32.6 Å². The van der Waals surface area contributed by atoms with Gasteiger partial charge in [0.05, 0.1) is 14.2 Å². The number of benzene rings is 1. The van der Waals surface area contributed by atoms with Gasteiger partial charge in [0.2, 0.25) is 5.91 Å². The van der Waals surface area contributed by atoms with Gasteiger partial charge in [0.15, 0.2) is 11.5 Å². The number of hydrogen-bond donors (Lipinski definition) is 2. The average Bonchev–Trinajstić information content (AvgIpc) is 2.55. The fourth-order valence-corrected chi connectivity index (χ4v) is 2.83. The molecule has 0 unspecified atom stereocenters. The van der Waals surface area contributed by atoms with Gasteiger partial charge in [0.1, 0.15) is 0 Å². The third kappa shape index (κ3) is 4.37. The second-order valence-electron chi connectivity index (χ2n) is 5.80. The van der Waals surface area contributed by atoms with Gasteiger partial charge >= 0.3 is 0 Å². The topological polar surface area (TPSA) is 59.6 Å². The second-order valence-corrected chi connectivity index (χ2v) is 5.80. The molecular weight excluding hydrogens is 280 g/mol. The maximum atomic E-state index is 12.2. The molecule has 2 N–H and O–H groups in total. The first-order valence-corrected chi connectivity index (χ1v) is 7.87. The molecule has 1 fully saturated rings. The van der Waals surface area contributed by atoms with Gasteiger partial charge < -0.3 is 20.1 Å². The Morgan fingerprint density at radius 2 is 1.86 bits per heavy atom. The van der Waals surface area contributed by atoms with E-state index >= 15 is 0 Å². The Kier molecular flexibility index (Phi) is 6.07. The molecule has 22 heavy (non-hydrogen) atoms. The first-order valence-electron chi connectivity index (χ1n) is 7.87. The molecule has 1 saturated heterocycles. The molecular formula is C17H26N2O3. The van der Waals surface area contributed by atoms with E-state index in [1.54, 1.807) is 14.2 Å². The van der Waals surface area contributed by atoms with Crippen molar-refractivity contribution in [1.29, 1.82) is 0 Å². The highest BCUT2D eigenvalue weighted by Crippen LogP contribution is 2.33. The number of aryl methyl sites for hydroxylation is 1. The molecule has 1 heterocycles. The summed E-state index contributed by atoms with van der Waals surface area (Å²) < 4.78 is 10.5. The van der Waals surface area contributed by atoms with E-state index in [0.29, 0.717) is 23.8 Å². The summed E-state index contributed by atoms with van der Waals surface area (Å²) in [5, 5.41) is 6.33. The van der Waals surface area contributed by atoms with Gasteiger partial charge in [-0.3, -0.25) is 4.79 Å². The predicted molar refractivity (Wildman–Crippen MR) is 87.7 cm³/mol. The molecule has 1 aromatic rings. The molecule has 1 aromatic carbocycles.